The Morgan fingerprint density at radius 1 is 1.12 bits per heavy atom. The van der Waals surface area contributed by atoms with E-state index in [-0.39, 0.29) is 11.7 Å². The zero-order valence-electron chi connectivity index (χ0n) is 13.8. The maximum absolute atomic E-state index is 12.1. The number of nitrogens with zero attached hydrogens (tertiary/aromatic N) is 1. The van der Waals surface area contributed by atoms with Crippen LogP contribution in [0, 0.1) is 0 Å². The third kappa shape index (κ3) is 3.77. The summed E-state index contributed by atoms with van der Waals surface area (Å²) in [4.78, 5) is 12.1. The molecule has 0 fully saturated rings. The summed E-state index contributed by atoms with van der Waals surface area (Å²) in [7, 11) is 0. The van der Waals surface area contributed by atoms with E-state index in [0.29, 0.717) is 23.5 Å². The average molecular weight is 334 g/mol. The van der Waals surface area contributed by atoms with Gasteiger partial charge in [0.05, 0.1) is 12.8 Å². The van der Waals surface area contributed by atoms with Crippen molar-refractivity contribution in [1.82, 2.24) is 5.43 Å². The Bertz CT molecular complexity index is 918. The summed E-state index contributed by atoms with van der Waals surface area (Å²) in [5.74, 6) is 0.486. The van der Waals surface area contributed by atoms with Gasteiger partial charge in [-0.15, -0.1) is 0 Å². The molecule has 0 aliphatic heterocycles. The van der Waals surface area contributed by atoms with Crippen LogP contribution in [-0.4, -0.2) is 23.8 Å². The SMILES string of the molecule is CCOc1ccc(C(=O)N/N=C\c2c(O)ccc3ccccc23)cc1. The maximum atomic E-state index is 12.1. The Labute approximate surface area is 145 Å². The van der Waals surface area contributed by atoms with Crippen LogP contribution in [0.4, 0.5) is 0 Å². The van der Waals surface area contributed by atoms with E-state index >= 15 is 0 Å². The first-order chi connectivity index (χ1) is 12.2. The van der Waals surface area contributed by atoms with Gasteiger partial charge in [-0.05, 0) is 48.0 Å². The van der Waals surface area contributed by atoms with Gasteiger partial charge in [-0.3, -0.25) is 4.79 Å². The fourth-order valence-corrected chi connectivity index (χ4v) is 2.51. The fourth-order valence-electron chi connectivity index (χ4n) is 2.51. The highest BCUT2D eigenvalue weighted by Crippen LogP contribution is 2.25. The van der Waals surface area contributed by atoms with Crippen LogP contribution in [0.1, 0.15) is 22.8 Å². The number of phenols is 1. The molecule has 0 aliphatic rings. The molecule has 126 valence electrons. The Hall–Kier alpha value is -3.34. The number of rotatable bonds is 5. The first kappa shape index (κ1) is 16.5. The zero-order chi connectivity index (χ0) is 17.6. The van der Waals surface area contributed by atoms with Crippen LogP contribution in [-0.2, 0) is 0 Å². The zero-order valence-corrected chi connectivity index (χ0v) is 13.8. The van der Waals surface area contributed by atoms with Crippen LogP contribution in [0.25, 0.3) is 10.8 Å². The van der Waals surface area contributed by atoms with Crippen LogP contribution in [0.15, 0.2) is 65.8 Å². The summed E-state index contributed by atoms with van der Waals surface area (Å²) >= 11 is 0. The number of amides is 1. The summed E-state index contributed by atoms with van der Waals surface area (Å²) < 4.78 is 5.34. The number of aromatic hydroxyl groups is 1. The number of hydrazone groups is 1. The van der Waals surface area contributed by atoms with Gasteiger partial charge in [0.1, 0.15) is 11.5 Å². The third-order valence-electron chi connectivity index (χ3n) is 3.73. The Kier molecular flexibility index (Phi) is 4.95. The largest absolute Gasteiger partial charge is 0.507 e. The summed E-state index contributed by atoms with van der Waals surface area (Å²) in [6, 6.07) is 17.9. The van der Waals surface area contributed by atoms with Crippen LogP contribution >= 0.6 is 0 Å². The van der Waals surface area contributed by atoms with Crippen LogP contribution in [0.3, 0.4) is 0 Å². The second-order valence-electron chi connectivity index (χ2n) is 5.38. The highest BCUT2D eigenvalue weighted by molar-refractivity contribution is 6.03. The lowest BCUT2D eigenvalue weighted by Gasteiger charge is -2.05. The van der Waals surface area contributed by atoms with Crippen LogP contribution < -0.4 is 10.2 Å². The van der Waals surface area contributed by atoms with Crippen molar-refractivity contribution in [2.24, 2.45) is 5.10 Å². The minimum Gasteiger partial charge on any atom is -0.507 e. The van der Waals surface area contributed by atoms with Gasteiger partial charge in [0, 0.05) is 11.1 Å². The molecule has 0 aliphatic carbocycles. The molecule has 3 aromatic rings. The number of phenolic OH excluding ortho intramolecular Hbond substituents is 1. The number of benzene rings is 3. The molecule has 2 N–H and O–H groups in total. The molecule has 0 saturated carbocycles. The van der Waals surface area contributed by atoms with Gasteiger partial charge in [-0.25, -0.2) is 5.43 Å². The second-order valence-corrected chi connectivity index (χ2v) is 5.38. The lowest BCUT2D eigenvalue weighted by molar-refractivity contribution is 0.0955. The van der Waals surface area contributed by atoms with E-state index in [4.69, 9.17) is 4.74 Å². The molecular formula is C20H18N2O3. The van der Waals surface area contributed by atoms with Crippen molar-refractivity contribution >= 4 is 22.9 Å². The molecule has 5 nitrogen and oxygen atoms in total. The standard InChI is InChI=1S/C20H18N2O3/c1-2-25-16-10-7-15(8-11-16)20(24)22-21-13-18-17-6-4-3-5-14(17)9-12-19(18)23/h3-13,23H,2H2,1H3,(H,22,24)/b21-13-. The van der Waals surface area contributed by atoms with Crippen molar-refractivity contribution in [3.05, 3.63) is 71.8 Å². The summed E-state index contributed by atoms with van der Waals surface area (Å²) in [5, 5.41) is 15.9. The minimum absolute atomic E-state index is 0.109. The highest BCUT2D eigenvalue weighted by Gasteiger charge is 2.06. The van der Waals surface area contributed by atoms with Gasteiger partial charge >= 0.3 is 0 Å². The molecule has 3 rings (SSSR count). The first-order valence-corrected chi connectivity index (χ1v) is 7.96. The van der Waals surface area contributed by atoms with E-state index in [1.807, 2.05) is 37.3 Å². The fraction of sp³-hybridized carbons (Fsp3) is 0.100. The molecule has 0 unspecified atom stereocenters. The molecule has 0 heterocycles. The van der Waals surface area contributed by atoms with Gasteiger partial charge in [0.15, 0.2) is 0 Å². The number of carbonyl (C=O) groups is 1. The molecule has 0 saturated heterocycles. The minimum atomic E-state index is -0.334. The van der Waals surface area contributed by atoms with Crippen molar-refractivity contribution in [3.63, 3.8) is 0 Å². The summed E-state index contributed by atoms with van der Waals surface area (Å²) in [6.07, 6.45) is 1.45. The number of fused-ring (bicyclic) bond motifs is 1. The van der Waals surface area contributed by atoms with Crippen LogP contribution in [0.5, 0.6) is 11.5 Å². The van der Waals surface area contributed by atoms with E-state index in [0.717, 1.165) is 10.8 Å². The second kappa shape index (κ2) is 7.49. The van der Waals surface area contributed by atoms with Gasteiger partial charge in [-0.2, -0.15) is 5.10 Å². The first-order valence-electron chi connectivity index (χ1n) is 7.96. The number of carbonyl (C=O) groups excluding carboxylic acids is 1. The van der Waals surface area contributed by atoms with Crippen molar-refractivity contribution in [3.8, 4) is 11.5 Å². The molecule has 0 spiro atoms. The lowest BCUT2D eigenvalue weighted by atomic mass is 10.0. The van der Waals surface area contributed by atoms with Gasteiger partial charge in [0.25, 0.3) is 5.91 Å². The number of hydrogen-bond acceptors (Lipinski definition) is 4. The predicted molar refractivity (Wildman–Crippen MR) is 98.3 cm³/mol. The molecule has 0 atom stereocenters. The van der Waals surface area contributed by atoms with Crippen molar-refractivity contribution < 1.29 is 14.6 Å². The average Bonchev–Trinajstić information content (AvgIpc) is 2.64. The summed E-state index contributed by atoms with van der Waals surface area (Å²) in [6.45, 7) is 2.47. The quantitative estimate of drug-likeness (QED) is 0.552. The molecule has 0 bridgehead atoms. The third-order valence-corrected chi connectivity index (χ3v) is 3.73. The summed E-state index contributed by atoms with van der Waals surface area (Å²) in [5.41, 5.74) is 3.50. The Balaban J connectivity index is 1.75. The molecule has 3 aromatic carbocycles. The normalized spacial score (nSPS) is 10.9. The number of hydrogen-bond donors (Lipinski definition) is 2. The smallest absolute Gasteiger partial charge is 0.271 e. The highest BCUT2D eigenvalue weighted by atomic mass is 16.5. The van der Waals surface area contributed by atoms with E-state index < -0.39 is 0 Å². The molecule has 0 radical (unpaired) electrons. The van der Waals surface area contributed by atoms with Crippen molar-refractivity contribution in [1.29, 1.82) is 0 Å². The van der Waals surface area contributed by atoms with E-state index in [1.165, 1.54) is 6.21 Å². The van der Waals surface area contributed by atoms with E-state index in [1.54, 1.807) is 30.3 Å². The molecule has 5 heteroatoms. The van der Waals surface area contributed by atoms with Gasteiger partial charge in [-0.1, -0.05) is 30.3 Å². The van der Waals surface area contributed by atoms with E-state index in [2.05, 4.69) is 10.5 Å². The molecule has 25 heavy (non-hydrogen) atoms. The molecule has 0 aromatic heterocycles. The van der Waals surface area contributed by atoms with Gasteiger partial charge < -0.3 is 9.84 Å². The monoisotopic (exact) mass is 334 g/mol. The van der Waals surface area contributed by atoms with Gasteiger partial charge in [0.2, 0.25) is 0 Å². The van der Waals surface area contributed by atoms with E-state index in [9.17, 15) is 9.90 Å². The lowest BCUT2D eigenvalue weighted by Crippen LogP contribution is -2.17. The maximum Gasteiger partial charge on any atom is 0.271 e. The topological polar surface area (TPSA) is 70.9 Å². The predicted octanol–water partition coefficient (Wildman–Crippen LogP) is 3.71. The molecular weight excluding hydrogens is 316 g/mol. The Morgan fingerprint density at radius 2 is 1.88 bits per heavy atom. The number of nitrogens with one attached hydrogen (secondary N) is 1. The van der Waals surface area contributed by atoms with Crippen LogP contribution in [0.2, 0.25) is 0 Å². The Morgan fingerprint density at radius 3 is 2.64 bits per heavy atom. The number of ether oxygens (including phenoxy) is 1. The molecule has 1 amide bonds. The van der Waals surface area contributed by atoms with Crippen molar-refractivity contribution in [2.75, 3.05) is 6.61 Å². The van der Waals surface area contributed by atoms with Crippen molar-refractivity contribution in [2.45, 2.75) is 6.92 Å².